The highest BCUT2D eigenvalue weighted by atomic mass is 19.1. The van der Waals surface area contributed by atoms with E-state index in [9.17, 15) is 19.1 Å². The molecule has 0 aliphatic carbocycles. The molecule has 0 radical (unpaired) electrons. The molecule has 0 bridgehead atoms. The number of aliphatic hydroxyl groups is 1. The van der Waals surface area contributed by atoms with E-state index in [1.165, 1.54) is 23.1 Å². The SMILES string of the molecule is COc1cc(C)c(/C(O)=C2\C(=O)C(=O)N(c3nc4ccc(F)cc4[nH]3)C2c2ccc(C(C)(C)C)cc2)cc1C. The molecule has 1 atom stereocenters. The van der Waals surface area contributed by atoms with Gasteiger partial charge in [0.1, 0.15) is 17.3 Å². The molecular weight excluding hydrogens is 497 g/mol. The van der Waals surface area contributed by atoms with Gasteiger partial charge in [-0.1, -0.05) is 45.0 Å². The highest BCUT2D eigenvalue weighted by Crippen LogP contribution is 2.43. The van der Waals surface area contributed by atoms with Crippen molar-refractivity contribution >= 4 is 34.4 Å². The lowest BCUT2D eigenvalue weighted by Crippen LogP contribution is -2.30. The fourth-order valence-electron chi connectivity index (χ4n) is 5.02. The van der Waals surface area contributed by atoms with Crippen molar-refractivity contribution in [3.63, 3.8) is 0 Å². The molecule has 1 fully saturated rings. The number of halogens is 1. The van der Waals surface area contributed by atoms with Crippen LogP contribution in [0.25, 0.3) is 16.8 Å². The summed E-state index contributed by atoms with van der Waals surface area (Å²) in [5.74, 6) is -1.69. The molecule has 4 aromatic rings. The van der Waals surface area contributed by atoms with Crippen molar-refractivity contribution in [1.29, 1.82) is 0 Å². The first-order valence-corrected chi connectivity index (χ1v) is 12.6. The van der Waals surface area contributed by atoms with Crippen molar-refractivity contribution in [3.8, 4) is 5.75 Å². The van der Waals surface area contributed by atoms with Crippen LogP contribution in [-0.2, 0) is 15.0 Å². The Bertz CT molecular complexity index is 1660. The predicted molar refractivity (Wildman–Crippen MR) is 148 cm³/mol. The van der Waals surface area contributed by atoms with Gasteiger partial charge >= 0.3 is 5.91 Å². The minimum atomic E-state index is -0.966. The molecule has 1 aliphatic rings. The minimum absolute atomic E-state index is 0.0530. The number of methoxy groups -OCH3 is 1. The number of hydrogen-bond donors (Lipinski definition) is 2. The van der Waals surface area contributed by atoms with Crippen molar-refractivity contribution < 1.29 is 23.8 Å². The average molecular weight is 528 g/mol. The number of carbonyl (C=O) groups is 2. The van der Waals surface area contributed by atoms with Gasteiger partial charge in [0.2, 0.25) is 5.95 Å². The number of benzene rings is 3. The highest BCUT2D eigenvalue weighted by molar-refractivity contribution is 6.51. The Hall–Kier alpha value is -4.46. The second-order valence-electron chi connectivity index (χ2n) is 10.9. The largest absolute Gasteiger partial charge is 0.507 e. The molecule has 200 valence electrons. The summed E-state index contributed by atoms with van der Waals surface area (Å²) >= 11 is 0. The number of hydrogen-bond acceptors (Lipinski definition) is 5. The molecule has 8 heteroatoms. The van der Waals surface area contributed by atoms with Crippen LogP contribution < -0.4 is 9.64 Å². The normalized spacial score (nSPS) is 17.3. The van der Waals surface area contributed by atoms with Gasteiger partial charge < -0.3 is 14.8 Å². The molecule has 0 spiro atoms. The zero-order chi connectivity index (χ0) is 28.2. The van der Waals surface area contributed by atoms with E-state index in [4.69, 9.17) is 4.74 Å². The number of amides is 1. The van der Waals surface area contributed by atoms with Crippen LogP contribution in [0.5, 0.6) is 5.75 Å². The summed E-state index contributed by atoms with van der Waals surface area (Å²) in [7, 11) is 1.56. The van der Waals surface area contributed by atoms with E-state index in [1.807, 2.05) is 31.2 Å². The van der Waals surface area contributed by atoms with Crippen LogP contribution in [0.2, 0.25) is 0 Å². The Morgan fingerprint density at radius 3 is 2.36 bits per heavy atom. The third kappa shape index (κ3) is 4.46. The summed E-state index contributed by atoms with van der Waals surface area (Å²) in [6.07, 6.45) is 0. The van der Waals surface area contributed by atoms with Crippen LogP contribution in [-0.4, -0.2) is 33.9 Å². The number of anilines is 1. The first-order chi connectivity index (χ1) is 18.4. The molecule has 1 amide bonds. The Kier molecular flexibility index (Phi) is 6.29. The lowest BCUT2D eigenvalue weighted by molar-refractivity contribution is -0.132. The molecule has 1 unspecified atom stereocenters. The summed E-state index contributed by atoms with van der Waals surface area (Å²) < 4.78 is 19.3. The van der Waals surface area contributed by atoms with Crippen molar-refractivity contribution in [3.05, 3.63) is 93.8 Å². The van der Waals surface area contributed by atoms with E-state index in [0.717, 1.165) is 11.1 Å². The van der Waals surface area contributed by atoms with Gasteiger partial charge in [0.25, 0.3) is 5.78 Å². The van der Waals surface area contributed by atoms with Crippen LogP contribution in [0.4, 0.5) is 10.3 Å². The molecule has 2 heterocycles. The summed E-state index contributed by atoms with van der Waals surface area (Å²) in [4.78, 5) is 35.8. The van der Waals surface area contributed by atoms with Crippen molar-refractivity contribution in [2.45, 2.75) is 46.1 Å². The predicted octanol–water partition coefficient (Wildman–Crippen LogP) is 6.25. The molecule has 5 rings (SSSR count). The van der Waals surface area contributed by atoms with Gasteiger partial charge in [-0.15, -0.1) is 0 Å². The summed E-state index contributed by atoms with van der Waals surface area (Å²) in [6.45, 7) is 9.92. The Morgan fingerprint density at radius 1 is 1.03 bits per heavy atom. The van der Waals surface area contributed by atoms with E-state index < -0.39 is 23.5 Å². The zero-order valence-electron chi connectivity index (χ0n) is 22.7. The number of aryl methyl sites for hydroxylation is 2. The molecule has 7 nitrogen and oxygen atoms in total. The second-order valence-corrected chi connectivity index (χ2v) is 10.9. The van der Waals surface area contributed by atoms with Crippen LogP contribution in [0.1, 0.15) is 54.6 Å². The van der Waals surface area contributed by atoms with Crippen molar-refractivity contribution in [2.24, 2.45) is 0 Å². The Balaban J connectivity index is 1.74. The summed E-state index contributed by atoms with van der Waals surface area (Å²) in [5, 5.41) is 11.6. The number of rotatable bonds is 4. The quantitative estimate of drug-likeness (QED) is 0.186. The van der Waals surface area contributed by atoms with Gasteiger partial charge in [0.15, 0.2) is 0 Å². The lowest BCUT2D eigenvalue weighted by atomic mass is 9.85. The number of fused-ring (bicyclic) bond motifs is 1. The van der Waals surface area contributed by atoms with Crippen LogP contribution in [0, 0.1) is 19.7 Å². The number of H-pyrrole nitrogens is 1. The van der Waals surface area contributed by atoms with Gasteiger partial charge in [-0.05, 0) is 71.8 Å². The third-order valence-electron chi connectivity index (χ3n) is 7.19. The van der Waals surface area contributed by atoms with Crippen molar-refractivity contribution in [2.75, 3.05) is 12.0 Å². The number of ketones is 1. The van der Waals surface area contributed by atoms with E-state index in [0.29, 0.717) is 33.5 Å². The molecule has 1 aromatic heterocycles. The Labute approximate surface area is 225 Å². The third-order valence-corrected chi connectivity index (χ3v) is 7.19. The maximum absolute atomic E-state index is 13.9. The molecule has 39 heavy (non-hydrogen) atoms. The highest BCUT2D eigenvalue weighted by Gasteiger charge is 2.48. The molecule has 1 aliphatic heterocycles. The molecule has 0 saturated carbocycles. The smallest absolute Gasteiger partial charge is 0.302 e. The monoisotopic (exact) mass is 527 g/mol. The first-order valence-electron chi connectivity index (χ1n) is 12.6. The summed E-state index contributed by atoms with van der Waals surface area (Å²) in [6, 6.07) is 14.2. The van der Waals surface area contributed by atoms with E-state index >= 15 is 0 Å². The van der Waals surface area contributed by atoms with Gasteiger partial charge in [-0.2, -0.15) is 0 Å². The molecule has 3 aromatic carbocycles. The number of aromatic amines is 1. The average Bonchev–Trinajstić information content (AvgIpc) is 3.41. The fourth-order valence-corrected chi connectivity index (χ4v) is 5.02. The van der Waals surface area contributed by atoms with Gasteiger partial charge in [-0.3, -0.25) is 14.5 Å². The van der Waals surface area contributed by atoms with Gasteiger partial charge in [-0.25, -0.2) is 9.37 Å². The number of aliphatic hydroxyl groups excluding tert-OH is 1. The number of nitrogens with zero attached hydrogens (tertiary/aromatic N) is 2. The number of Topliss-reactive ketones (excluding diaryl/α,β-unsaturated/α-hetero) is 1. The van der Waals surface area contributed by atoms with E-state index in [1.54, 1.807) is 26.2 Å². The fraction of sp³-hybridized carbons (Fsp3) is 0.258. The maximum atomic E-state index is 13.9. The van der Waals surface area contributed by atoms with Crippen LogP contribution in [0.15, 0.2) is 60.2 Å². The standard InChI is InChI=1S/C31H30FN3O4/c1-16-14-24(39-6)17(2)13-21(16)27(36)25-26(18-7-9-19(10-8-18)31(3,4)5)35(29(38)28(25)37)30-33-22-12-11-20(32)15-23(22)34-30/h7-15,26,36H,1-6H3,(H,33,34)/b27-25+. The number of aromatic nitrogens is 2. The Morgan fingerprint density at radius 2 is 1.72 bits per heavy atom. The molecular formula is C31H30FN3O4. The topological polar surface area (TPSA) is 95.5 Å². The van der Waals surface area contributed by atoms with Crippen molar-refractivity contribution in [1.82, 2.24) is 9.97 Å². The van der Waals surface area contributed by atoms with Gasteiger partial charge in [0.05, 0.1) is 29.8 Å². The van der Waals surface area contributed by atoms with Crippen LogP contribution >= 0.6 is 0 Å². The molecule has 1 saturated heterocycles. The lowest BCUT2D eigenvalue weighted by Gasteiger charge is -2.25. The number of imidazole rings is 1. The number of ether oxygens (including phenoxy) is 1. The number of carbonyl (C=O) groups excluding carboxylic acids is 2. The summed E-state index contributed by atoms with van der Waals surface area (Å²) in [5.41, 5.74) is 4.24. The molecule has 2 N–H and O–H groups in total. The first kappa shape index (κ1) is 26.2. The van der Waals surface area contributed by atoms with E-state index in [-0.39, 0.29) is 22.7 Å². The van der Waals surface area contributed by atoms with Gasteiger partial charge in [0, 0.05) is 5.56 Å². The maximum Gasteiger partial charge on any atom is 0.302 e. The van der Waals surface area contributed by atoms with Crippen LogP contribution in [0.3, 0.4) is 0 Å². The van der Waals surface area contributed by atoms with E-state index in [2.05, 4.69) is 30.7 Å². The minimum Gasteiger partial charge on any atom is -0.507 e. The number of nitrogens with one attached hydrogen (secondary N) is 1. The zero-order valence-corrected chi connectivity index (χ0v) is 22.7. The second kappa shape index (κ2) is 9.38.